The summed E-state index contributed by atoms with van der Waals surface area (Å²) < 4.78 is 5.14. The number of pyridine rings is 1. The molecule has 1 N–H and O–H groups in total. The smallest absolute Gasteiger partial charge is 0.269 e. The molecular weight excluding hydrogens is 354 g/mol. The highest BCUT2D eigenvalue weighted by Crippen LogP contribution is 2.12. The lowest BCUT2D eigenvalue weighted by Gasteiger charge is -2.21. The van der Waals surface area contributed by atoms with Crippen molar-refractivity contribution in [3.8, 4) is 5.75 Å². The number of ether oxygens (including phenoxy) is 1. The molecule has 28 heavy (non-hydrogen) atoms. The minimum absolute atomic E-state index is 0.0571. The van der Waals surface area contributed by atoms with Gasteiger partial charge in [-0.25, -0.2) is 0 Å². The van der Waals surface area contributed by atoms with Crippen LogP contribution in [0.25, 0.3) is 0 Å². The van der Waals surface area contributed by atoms with Crippen molar-refractivity contribution in [2.75, 3.05) is 26.7 Å². The molecule has 1 aromatic heterocycles. The van der Waals surface area contributed by atoms with Gasteiger partial charge in [-0.1, -0.05) is 26.0 Å². The zero-order chi connectivity index (χ0) is 20.4. The van der Waals surface area contributed by atoms with Gasteiger partial charge in [-0.15, -0.1) is 0 Å². The lowest BCUT2D eigenvalue weighted by atomic mass is 10.1. The monoisotopic (exact) mass is 383 g/mol. The molecule has 0 atom stereocenters. The molecule has 0 fully saturated rings. The Bertz CT molecular complexity index is 769. The number of aromatic nitrogens is 1. The van der Waals surface area contributed by atoms with Crippen LogP contribution in [0.15, 0.2) is 42.6 Å². The van der Waals surface area contributed by atoms with E-state index in [1.54, 1.807) is 19.2 Å². The molecule has 0 saturated heterocycles. The molecule has 0 saturated carbocycles. The first kappa shape index (κ1) is 21.4. The normalized spacial score (nSPS) is 10.4. The van der Waals surface area contributed by atoms with Crippen molar-refractivity contribution in [3.63, 3.8) is 0 Å². The second-order valence-electron chi connectivity index (χ2n) is 6.58. The first-order valence-corrected chi connectivity index (χ1v) is 9.75. The third-order valence-corrected chi connectivity index (χ3v) is 4.37. The molecule has 2 amide bonds. The van der Waals surface area contributed by atoms with E-state index in [4.69, 9.17) is 4.74 Å². The summed E-state index contributed by atoms with van der Waals surface area (Å²) in [7, 11) is 1.63. The molecular formula is C22H29N3O3. The van der Waals surface area contributed by atoms with Crippen molar-refractivity contribution in [3.05, 3.63) is 59.4 Å². The van der Waals surface area contributed by atoms with Gasteiger partial charge in [0.05, 0.1) is 7.11 Å². The van der Waals surface area contributed by atoms with Gasteiger partial charge in [0, 0.05) is 31.4 Å². The topological polar surface area (TPSA) is 71.5 Å². The number of nitrogens with zero attached hydrogens (tertiary/aromatic N) is 2. The van der Waals surface area contributed by atoms with Crippen LogP contribution in [-0.2, 0) is 6.42 Å². The second-order valence-corrected chi connectivity index (χ2v) is 6.58. The number of benzene rings is 1. The molecule has 0 aliphatic heterocycles. The van der Waals surface area contributed by atoms with Gasteiger partial charge in [0.2, 0.25) is 0 Å². The SMILES string of the molecule is CCCN(CCC)C(=O)c1ccnc(C(=O)NCCc2ccc(OC)cc2)c1. The maximum Gasteiger partial charge on any atom is 0.269 e. The van der Waals surface area contributed by atoms with Crippen LogP contribution in [0.4, 0.5) is 0 Å². The summed E-state index contributed by atoms with van der Waals surface area (Å²) in [5, 5.41) is 2.86. The molecule has 1 aromatic carbocycles. The summed E-state index contributed by atoms with van der Waals surface area (Å²) in [5.74, 6) is 0.470. The fraction of sp³-hybridized carbons (Fsp3) is 0.409. The van der Waals surface area contributed by atoms with Crippen LogP contribution in [0.5, 0.6) is 5.75 Å². The Kier molecular flexibility index (Phi) is 8.46. The third kappa shape index (κ3) is 6.08. The Labute approximate surface area is 166 Å². The first-order chi connectivity index (χ1) is 13.6. The number of carbonyl (C=O) groups excluding carboxylic acids is 2. The minimum atomic E-state index is -0.277. The molecule has 0 aliphatic rings. The molecule has 1 heterocycles. The summed E-state index contributed by atoms with van der Waals surface area (Å²) in [6.07, 6.45) is 4.02. The van der Waals surface area contributed by atoms with E-state index in [1.165, 1.54) is 6.20 Å². The van der Waals surface area contributed by atoms with Crippen LogP contribution < -0.4 is 10.1 Å². The van der Waals surface area contributed by atoms with Crippen LogP contribution in [-0.4, -0.2) is 48.4 Å². The van der Waals surface area contributed by atoms with Crippen molar-refractivity contribution >= 4 is 11.8 Å². The molecule has 2 rings (SSSR count). The molecule has 2 aromatic rings. The number of nitrogens with one attached hydrogen (secondary N) is 1. The highest BCUT2D eigenvalue weighted by Gasteiger charge is 2.16. The van der Waals surface area contributed by atoms with E-state index in [0.717, 1.165) is 24.2 Å². The minimum Gasteiger partial charge on any atom is -0.497 e. The maximum absolute atomic E-state index is 12.7. The Morgan fingerprint density at radius 2 is 1.75 bits per heavy atom. The lowest BCUT2D eigenvalue weighted by Crippen LogP contribution is -2.33. The standard InChI is InChI=1S/C22H29N3O3/c1-4-14-25(15-5-2)22(27)18-11-13-23-20(16-18)21(26)24-12-10-17-6-8-19(28-3)9-7-17/h6-9,11,13,16H,4-5,10,12,14-15H2,1-3H3,(H,24,26). The number of carbonyl (C=O) groups is 2. The second kappa shape index (κ2) is 11.1. The Balaban J connectivity index is 1.95. The van der Waals surface area contributed by atoms with E-state index in [9.17, 15) is 9.59 Å². The van der Waals surface area contributed by atoms with Crippen molar-refractivity contribution in [1.82, 2.24) is 15.2 Å². The summed E-state index contributed by atoms with van der Waals surface area (Å²) in [4.78, 5) is 31.1. The molecule has 0 bridgehead atoms. The predicted molar refractivity (Wildman–Crippen MR) is 110 cm³/mol. The van der Waals surface area contributed by atoms with E-state index in [2.05, 4.69) is 10.3 Å². The van der Waals surface area contributed by atoms with Crippen molar-refractivity contribution < 1.29 is 14.3 Å². The fourth-order valence-electron chi connectivity index (χ4n) is 2.93. The van der Waals surface area contributed by atoms with Crippen LogP contribution in [0.3, 0.4) is 0 Å². The van der Waals surface area contributed by atoms with Crippen LogP contribution >= 0.6 is 0 Å². The summed E-state index contributed by atoms with van der Waals surface area (Å²) >= 11 is 0. The van der Waals surface area contributed by atoms with Gasteiger partial charge in [0.25, 0.3) is 11.8 Å². The summed E-state index contributed by atoms with van der Waals surface area (Å²) in [5.41, 5.74) is 1.86. The largest absolute Gasteiger partial charge is 0.497 e. The van der Waals surface area contributed by atoms with Gasteiger partial charge in [0.15, 0.2) is 0 Å². The molecule has 150 valence electrons. The maximum atomic E-state index is 12.7. The number of hydrogen-bond donors (Lipinski definition) is 1. The van der Waals surface area contributed by atoms with Crippen LogP contribution in [0, 0.1) is 0 Å². The average molecular weight is 383 g/mol. The van der Waals surface area contributed by atoms with Crippen molar-refractivity contribution in [2.45, 2.75) is 33.1 Å². The van der Waals surface area contributed by atoms with Gasteiger partial charge in [-0.3, -0.25) is 14.6 Å². The van der Waals surface area contributed by atoms with Crippen LogP contribution in [0.2, 0.25) is 0 Å². The van der Waals surface area contributed by atoms with Gasteiger partial charge in [0.1, 0.15) is 11.4 Å². The summed E-state index contributed by atoms with van der Waals surface area (Å²) in [6, 6.07) is 11.0. The van der Waals surface area contributed by atoms with Crippen LogP contribution in [0.1, 0.15) is 53.1 Å². The van der Waals surface area contributed by atoms with Gasteiger partial charge >= 0.3 is 0 Å². The van der Waals surface area contributed by atoms with Gasteiger partial charge in [-0.2, -0.15) is 0 Å². The fourth-order valence-corrected chi connectivity index (χ4v) is 2.93. The number of rotatable bonds is 10. The molecule has 6 nitrogen and oxygen atoms in total. The lowest BCUT2D eigenvalue weighted by molar-refractivity contribution is 0.0755. The highest BCUT2D eigenvalue weighted by atomic mass is 16.5. The predicted octanol–water partition coefficient (Wildman–Crippen LogP) is 3.32. The Morgan fingerprint density at radius 3 is 2.36 bits per heavy atom. The van der Waals surface area contributed by atoms with Crippen molar-refractivity contribution in [1.29, 1.82) is 0 Å². The Hall–Kier alpha value is -2.89. The zero-order valence-electron chi connectivity index (χ0n) is 16.9. The zero-order valence-corrected chi connectivity index (χ0v) is 16.9. The Morgan fingerprint density at radius 1 is 1.07 bits per heavy atom. The van der Waals surface area contributed by atoms with Gasteiger partial charge in [-0.05, 0) is 49.1 Å². The quantitative estimate of drug-likeness (QED) is 0.683. The van der Waals surface area contributed by atoms with Crippen molar-refractivity contribution in [2.24, 2.45) is 0 Å². The number of hydrogen-bond acceptors (Lipinski definition) is 4. The number of methoxy groups -OCH3 is 1. The molecule has 0 spiro atoms. The van der Waals surface area contributed by atoms with E-state index in [0.29, 0.717) is 31.6 Å². The molecule has 0 radical (unpaired) electrons. The molecule has 0 aliphatic carbocycles. The third-order valence-electron chi connectivity index (χ3n) is 4.37. The average Bonchev–Trinajstić information content (AvgIpc) is 2.73. The highest BCUT2D eigenvalue weighted by molar-refractivity contribution is 5.98. The van der Waals surface area contributed by atoms with E-state index in [-0.39, 0.29) is 17.5 Å². The molecule has 0 unspecified atom stereocenters. The summed E-state index contributed by atoms with van der Waals surface area (Å²) in [6.45, 7) is 5.99. The van der Waals surface area contributed by atoms with E-state index < -0.39 is 0 Å². The van der Waals surface area contributed by atoms with E-state index >= 15 is 0 Å². The van der Waals surface area contributed by atoms with E-state index in [1.807, 2.05) is 43.0 Å². The number of amides is 2. The van der Waals surface area contributed by atoms with Gasteiger partial charge < -0.3 is 15.0 Å². The molecule has 6 heteroatoms. The first-order valence-electron chi connectivity index (χ1n) is 9.75.